The normalized spacial score (nSPS) is 19.4. The molecule has 4 rings (SSSR count). The number of nitrogen functional groups attached to an aromatic ring is 1. The molecule has 0 radical (unpaired) electrons. The van der Waals surface area contributed by atoms with E-state index in [1.807, 2.05) is 0 Å². The van der Waals surface area contributed by atoms with Crippen molar-refractivity contribution in [2.75, 3.05) is 24.3 Å². The third-order valence-electron chi connectivity index (χ3n) is 5.62. The van der Waals surface area contributed by atoms with Crippen molar-refractivity contribution in [3.8, 4) is 0 Å². The number of oxime groups is 2. The number of fused-ring (bicyclic) bond motifs is 1. The van der Waals surface area contributed by atoms with Crippen molar-refractivity contribution in [1.82, 2.24) is 20.2 Å². The summed E-state index contributed by atoms with van der Waals surface area (Å²) in [6.45, 7) is 1.77. The molecular weight excluding hydrogens is 660 g/mol. The van der Waals surface area contributed by atoms with Gasteiger partial charge < -0.3 is 40.9 Å². The minimum atomic E-state index is -1.41. The summed E-state index contributed by atoms with van der Waals surface area (Å²) in [6, 6.07) is -2.47. The Balaban J connectivity index is 1.53. The van der Waals surface area contributed by atoms with Gasteiger partial charge in [-0.15, -0.1) is 34.4 Å². The zero-order valence-electron chi connectivity index (χ0n) is 22.3. The molecule has 0 aromatic carbocycles. The van der Waals surface area contributed by atoms with E-state index in [1.165, 1.54) is 22.2 Å². The van der Waals surface area contributed by atoms with Crippen molar-refractivity contribution in [2.45, 2.75) is 17.5 Å². The number of thioether (sulfide) groups is 1. The van der Waals surface area contributed by atoms with Gasteiger partial charge >= 0.3 is 17.9 Å². The molecular formula is C23H20N8O11S3. The van der Waals surface area contributed by atoms with Crippen LogP contribution in [0.2, 0.25) is 0 Å². The molecule has 2 aliphatic heterocycles. The molecule has 19 nitrogen and oxygen atoms in total. The quantitative estimate of drug-likeness (QED) is 0.0821. The molecule has 3 amide bonds. The monoisotopic (exact) mass is 680 g/mol. The molecule has 7 N–H and O–H groups in total. The number of hydrogen-bond acceptors (Lipinski definition) is 16. The molecule has 3 atom stereocenters. The van der Waals surface area contributed by atoms with E-state index in [0.717, 1.165) is 39.3 Å². The fourth-order valence-corrected chi connectivity index (χ4v) is 6.21. The third kappa shape index (κ3) is 7.42. The molecule has 45 heavy (non-hydrogen) atoms. The lowest BCUT2D eigenvalue weighted by Gasteiger charge is -2.51. The van der Waals surface area contributed by atoms with Gasteiger partial charge in [0.15, 0.2) is 27.7 Å². The Kier molecular flexibility index (Phi) is 10.1. The summed E-state index contributed by atoms with van der Waals surface area (Å²) in [5.41, 5.74) is 4.67. The number of amides is 3. The van der Waals surface area contributed by atoms with Gasteiger partial charge in [0, 0.05) is 10.8 Å². The average molecular weight is 681 g/mol. The molecule has 0 bridgehead atoms. The number of carbonyl (C=O) groups is 6. The number of nitrogens with two attached hydrogens (primary N) is 1. The zero-order valence-corrected chi connectivity index (χ0v) is 24.8. The van der Waals surface area contributed by atoms with Gasteiger partial charge in [0.05, 0.1) is 0 Å². The van der Waals surface area contributed by atoms with Crippen molar-refractivity contribution >= 4 is 91.8 Å². The van der Waals surface area contributed by atoms with Gasteiger partial charge in [-0.3, -0.25) is 19.7 Å². The number of rotatable bonds is 14. The van der Waals surface area contributed by atoms with Crippen LogP contribution in [0.25, 0.3) is 0 Å². The third-order valence-corrected chi connectivity index (χ3v) is 8.24. The lowest BCUT2D eigenvalue weighted by Crippen LogP contribution is -2.74. The van der Waals surface area contributed by atoms with Gasteiger partial charge in [-0.1, -0.05) is 23.0 Å². The highest BCUT2D eigenvalue weighted by molar-refractivity contribution is 8.03. The molecule has 22 heteroatoms. The van der Waals surface area contributed by atoms with Crippen molar-refractivity contribution in [1.29, 1.82) is 0 Å². The lowest BCUT2D eigenvalue weighted by molar-refractivity contribution is -0.159. The summed E-state index contributed by atoms with van der Waals surface area (Å²) in [6.07, 6.45) is 1.31. The first kappa shape index (κ1) is 32.6. The Morgan fingerprint density at radius 2 is 1.60 bits per heavy atom. The number of aromatic nitrogens is 2. The van der Waals surface area contributed by atoms with Crippen LogP contribution in [0.3, 0.4) is 0 Å². The predicted octanol–water partition coefficient (Wildman–Crippen LogP) is -0.646. The predicted molar refractivity (Wildman–Crippen MR) is 157 cm³/mol. The maximum Gasteiger partial charge on any atom is 0.344 e. The van der Waals surface area contributed by atoms with E-state index < -0.39 is 77.7 Å². The van der Waals surface area contributed by atoms with Crippen LogP contribution in [-0.2, 0) is 38.4 Å². The minimum absolute atomic E-state index is 0.0270. The number of thiazole rings is 2. The number of carbonyl (C=O) groups excluding carboxylic acids is 3. The van der Waals surface area contributed by atoms with Gasteiger partial charge in [-0.2, -0.15) is 0 Å². The first-order valence-electron chi connectivity index (χ1n) is 12.1. The Morgan fingerprint density at radius 1 is 1.00 bits per heavy atom. The van der Waals surface area contributed by atoms with Crippen LogP contribution < -0.4 is 16.4 Å². The highest BCUT2D eigenvalue weighted by Crippen LogP contribution is 2.40. The number of nitrogens with one attached hydrogen (secondary N) is 2. The number of hydrogen-bond donors (Lipinski definition) is 6. The van der Waals surface area contributed by atoms with E-state index in [0.29, 0.717) is 5.57 Å². The van der Waals surface area contributed by atoms with Crippen molar-refractivity contribution in [3.05, 3.63) is 45.8 Å². The summed E-state index contributed by atoms with van der Waals surface area (Å²) in [5, 5.41) is 42.6. The second-order valence-corrected chi connectivity index (χ2v) is 11.3. The van der Waals surface area contributed by atoms with Crippen molar-refractivity contribution in [3.63, 3.8) is 0 Å². The van der Waals surface area contributed by atoms with Crippen LogP contribution in [0, 0.1) is 0 Å². The molecule has 2 aromatic heterocycles. The molecule has 1 unspecified atom stereocenters. The van der Waals surface area contributed by atoms with Gasteiger partial charge in [0.2, 0.25) is 19.1 Å². The van der Waals surface area contributed by atoms with Crippen molar-refractivity contribution in [2.24, 2.45) is 10.3 Å². The Labute approximate surface area is 263 Å². The molecule has 2 aliphatic rings. The fraction of sp³-hybridized carbons (Fsp3) is 0.217. The molecule has 0 saturated carbocycles. The topological polar surface area (TPSA) is 285 Å². The van der Waals surface area contributed by atoms with E-state index in [9.17, 15) is 33.9 Å². The number of carboxylic acid groups (broad SMARTS) is 3. The first-order valence-corrected chi connectivity index (χ1v) is 14.8. The Bertz CT molecular complexity index is 1670. The fourth-order valence-electron chi connectivity index (χ4n) is 3.75. The van der Waals surface area contributed by atoms with Gasteiger partial charge in [-0.25, -0.2) is 24.4 Å². The Morgan fingerprint density at radius 3 is 2.16 bits per heavy atom. The van der Waals surface area contributed by atoms with Gasteiger partial charge in [0.25, 0.3) is 11.8 Å². The average Bonchev–Trinajstić information content (AvgIpc) is 3.63. The Hall–Kier alpha value is -5.35. The van der Waals surface area contributed by atoms with Crippen LogP contribution in [0.5, 0.6) is 0 Å². The summed E-state index contributed by atoms with van der Waals surface area (Å²) >= 11 is 2.87. The molecule has 236 valence electrons. The largest absolute Gasteiger partial charge is 0.479 e. The highest BCUT2D eigenvalue weighted by atomic mass is 32.2. The van der Waals surface area contributed by atoms with Crippen LogP contribution >= 0.6 is 34.4 Å². The smallest absolute Gasteiger partial charge is 0.344 e. The van der Waals surface area contributed by atoms with E-state index >= 15 is 0 Å². The summed E-state index contributed by atoms with van der Waals surface area (Å²) in [5.74, 6) is -6.70. The number of anilines is 2. The minimum Gasteiger partial charge on any atom is -0.479 e. The summed E-state index contributed by atoms with van der Waals surface area (Å²) in [4.78, 5) is 91.1. The summed E-state index contributed by atoms with van der Waals surface area (Å²) in [7, 11) is 0. The van der Waals surface area contributed by atoms with Crippen LogP contribution in [0.1, 0.15) is 11.4 Å². The van der Waals surface area contributed by atoms with Gasteiger partial charge in [0.1, 0.15) is 22.8 Å². The molecule has 1 saturated heterocycles. The number of aliphatic carboxylic acids is 3. The van der Waals surface area contributed by atoms with Crippen molar-refractivity contribution < 1.29 is 53.8 Å². The van der Waals surface area contributed by atoms with E-state index in [1.54, 1.807) is 0 Å². The first-order chi connectivity index (χ1) is 21.4. The second-order valence-electron chi connectivity index (χ2n) is 8.56. The summed E-state index contributed by atoms with van der Waals surface area (Å²) < 4.78 is 0. The molecule has 2 aromatic rings. The van der Waals surface area contributed by atoms with Gasteiger partial charge in [-0.05, 0) is 11.0 Å². The van der Waals surface area contributed by atoms with E-state index in [-0.39, 0.29) is 21.7 Å². The molecule has 0 spiro atoms. The van der Waals surface area contributed by atoms with Crippen LogP contribution in [0.15, 0.2) is 44.7 Å². The highest BCUT2D eigenvalue weighted by Gasteiger charge is 2.55. The number of β-lactam (4-membered cyclic amide) rings is 1. The molecule has 1 fully saturated rings. The van der Waals surface area contributed by atoms with Crippen LogP contribution in [-0.4, -0.2) is 108 Å². The zero-order chi connectivity index (χ0) is 32.8. The number of nitrogens with zero attached hydrogens (tertiary/aromatic N) is 5. The molecule has 0 aliphatic carbocycles. The van der Waals surface area contributed by atoms with E-state index in [4.69, 9.17) is 20.8 Å². The molecule has 4 heterocycles. The second kappa shape index (κ2) is 14.0. The van der Waals surface area contributed by atoms with Crippen LogP contribution in [0.4, 0.5) is 10.3 Å². The maximum atomic E-state index is 13.3. The maximum absolute atomic E-state index is 13.3. The van der Waals surface area contributed by atoms with E-state index in [2.05, 4.69) is 42.3 Å². The number of carboxylic acids is 3. The lowest BCUT2D eigenvalue weighted by atomic mass is 9.98. The standard InChI is InChI=1S/C23H20N8O11S3/c1-2-8-5-43-20-15(19(38)31(20)16(8)21(39)40)27-17(36)14(30-42-4-12(34)35)10-7-45-23(26-10)28-18(37)13(29-41-3-11(32)33)9-6-44-22(24)25-9/h2,5-7,15-16,20H,1,3-4H2,(H2,24,25)(H,27,36)(H,32,33)(H,34,35)(H,39,40)(H,26,28,37)/b29-13-,30-14-/t15-,16?,20-/m1/s1. The SMILES string of the molecule is C=CC1=CS[C@@H]2[C@H](NC(=O)/C(=N\OCC(=O)O)c3csc(NC(=O)/C(=N\OCC(=O)O)c4csc(N)n4)n3)C(=O)N2C1C(=O)O.